The molecule has 1 aliphatic heterocycles. The highest BCUT2D eigenvalue weighted by molar-refractivity contribution is 7.80. The summed E-state index contributed by atoms with van der Waals surface area (Å²) < 4.78 is 1.90. The van der Waals surface area contributed by atoms with E-state index in [1.54, 1.807) is 12.1 Å². The van der Waals surface area contributed by atoms with Gasteiger partial charge in [0.2, 0.25) is 0 Å². The van der Waals surface area contributed by atoms with Gasteiger partial charge >= 0.3 is 0 Å². The number of thiocarbonyl (C=S) groups is 1. The fourth-order valence-electron chi connectivity index (χ4n) is 3.20. The van der Waals surface area contributed by atoms with Crippen molar-refractivity contribution >= 4 is 40.9 Å². The number of nitrogens with zero attached hydrogens (tertiary/aromatic N) is 3. The molecule has 1 aromatic heterocycles. The number of hydrogen-bond acceptors (Lipinski definition) is 5. The monoisotopic (exact) mass is 410 g/mol. The summed E-state index contributed by atoms with van der Waals surface area (Å²) >= 11 is 5.05. The van der Waals surface area contributed by atoms with E-state index in [4.69, 9.17) is 12.2 Å². The molecule has 0 spiro atoms. The van der Waals surface area contributed by atoms with Gasteiger partial charge in [-0.15, -0.1) is 6.58 Å². The van der Waals surface area contributed by atoms with Crippen LogP contribution in [0, 0.1) is 24.0 Å². The zero-order valence-electron chi connectivity index (χ0n) is 15.8. The van der Waals surface area contributed by atoms with Crippen LogP contribution >= 0.6 is 12.2 Å². The van der Waals surface area contributed by atoms with E-state index in [0.717, 1.165) is 17.1 Å². The highest BCUT2D eigenvalue weighted by atomic mass is 32.1. The molecule has 8 nitrogen and oxygen atoms in total. The predicted molar refractivity (Wildman–Crippen MR) is 113 cm³/mol. The minimum atomic E-state index is -0.555. The Hall–Kier alpha value is -3.59. The summed E-state index contributed by atoms with van der Waals surface area (Å²) in [5.74, 6) is -1.04. The lowest BCUT2D eigenvalue weighted by atomic mass is 10.1. The van der Waals surface area contributed by atoms with E-state index in [1.807, 2.05) is 24.5 Å². The van der Waals surface area contributed by atoms with Gasteiger partial charge in [0.1, 0.15) is 5.57 Å². The zero-order chi connectivity index (χ0) is 21.3. The van der Waals surface area contributed by atoms with Gasteiger partial charge in [0.25, 0.3) is 17.5 Å². The van der Waals surface area contributed by atoms with Crippen molar-refractivity contribution in [2.24, 2.45) is 0 Å². The Kier molecular flexibility index (Phi) is 5.42. The van der Waals surface area contributed by atoms with Crippen LogP contribution in [0.15, 0.2) is 48.6 Å². The number of hydrogen-bond donors (Lipinski definition) is 1. The normalized spacial score (nSPS) is 15.6. The summed E-state index contributed by atoms with van der Waals surface area (Å²) in [5, 5.41) is 13.4. The SMILES string of the molecule is C=CCN1C(=O)/C(=C/c2cc(C)n(-c3ccc([N+](=O)[O-])cc3)c2C)C(=O)NC1=S. The molecule has 2 amide bonds. The third kappa shape index (κ3) is 3.72. The summed E-state index contributed by atoms with van der Waals surface area (Å²) in [6.45, 7) is 7.51. The van der Waals surface area contributed by atoms with Crippen molar-refractivity contribution in [3.8, 4) is 5.69 Å². The van der Waals surface area contributed by atoms with Crippen molar-refractivity contribution in [2.75, 3.05) is 6.54 Å². The molecular weight excluding hydrogens is 392 g/mol. The second-order valence-corrected chi connectivity index (χ2v) is 6.84. The highest BCUT2D eigenvalue weighted by Gasteiger charge is 2.32. The van der Waals surface area contributed by atoms with E-state index in [0.29, 0.717) is 5.56 Å². The predicted octanol–water partition coefficient (Wildman–Crippen LogP) is 2.82. The molecule has 1 saturated heterocycles. The highest BCUT2D eigenvalue weighted by Crippen LogP contribution is 2.25. The quantitative estimate of drug-likeness (QED) is 0.204. The number of nitrogens with one attached hydrogen (secondary N) is 1. The average molecular weight is 410 g/mol. The molecule has 0 unspecified atom stereocenters. The first-order chi connectivity index (χ1) is 13.7. The molecular formula is C20H18N4O4S. The molecule has 2 aromatic rings. The summed E-state index contributed by atoms with van der Waals surface area (Å²) in [7, 11) is 0. The van der Waals surface area contributed by atoms with Crippen LogP contribution in [0.5, 0.6) is 0 Å². The molecule has 1 aromatic carbocycles. The average Bonchev–Trinajstić information content (AvgIpc) is 2.95. The van der Waals surface area contributed by atoms with Crippen LogP contribution in [0.25, 0.3) is 11.8 Å². The Balaban J connectivity index is 2.02. The summed E-state index contributed by atoms with van der Waals surface area (Å²) in [6.07, 6.45) is 3.06. The van der Waals surface area contributed by atoms with E-state index in [9.17, 15) is 19.7 Å². The van der Waals surface area contributed by atoms with Gasteiger partial charge in [-0.1, -0.05) is 6.08 Å². The van der Waals surface area contributed by atoms with Gasteiger partial charge in [0.05, 0.1) is 4.92 Å². The Morgan fingerprint density at radius 2 is 1.90 bits per heavy atom. The van der Waals surface area contributed by atoms with Crippen LogP contribution in [0.4, 0.5) is 5.69 Å². The third-order valence-electron chi connectivity index (χ3n) is 4.59. The van der Waals surface area contributed by atoms with Crippen molar-refractivity contribution in [3.63, 3.8) is 0 Å². The summed E-state index contributed by atoms with van der Waals surface area (Å²) in [5.41, 5.74) is 3.04. The van der Waals surface area contributed by atoms with Gasteiger partial charge in [0.15, 0.2) is 5.11 Å². The Morgan fingerprint density at radius 1 is 1.24 bits per heavy atom. The van der Waals surface area contributed by atoms with E-state index < -0.39 is 16.7 Å². The van der Waals surface area contributed by atoms with Crippen molar-refractivity contribution < 1.29 is 14.5 Å². The number of nitro groups is 1. The molecule has 1 fully saturated rings. The Labute approximate surface area is 172 Å². The van der Waals surface area contributed by atoms with E-state index in [-0.39, 0.29) is 22.9 Å². The van der Waals surface area contributed by atoms with Crippen molar-refractivity contribution in [1.29, 1.82) is 0 Å². The molecule has 0 atom stereocenters. The number of non-ortho nitro benzene ring substituents is 1. The molecule has 0 aliphatic carbocycles. The number of aromatic nitrogens is 1. The second-order valence-electron chi connectivity index (χ2n) is 6.46. The molecule has 9 heteroatoms. The van der Waals surface area contributed by atoms with E-state index >= 15 is 0 Å². The van der Waals surface area contributed by atoms with Crippen LogP contribution < -0.4 is 5.32 Å². The fraction of sp³-hybridized carbons (Fsp3) is 0.150. The zero-order valence-corrected chi connectivity index (χ0v) is 16.7. The minimum Gasteiger partial charge on any atom is -0.318 e. The lowest BCUT2D eigenvalue weighted by Gasteiger charge is -2.27. The maximum atomic E-state index is 12.7. The number of aryl methyl sites for hydroxylation is 1. The van der Waals surface area contributed by atoms with Gasteiger partial charge in [-0.25, -0.2) is 0 Å². The molecule has 2 heterocycles. The van der Waals surface area contributed by atoms with Gasteiger partial charge in [-0.05, 0) is 55.9 Å². The van der Waals surface area contributed by atoms with Gasteiger partial charge < -0.3 is 4.57 Å². The number of rotatable bonds is 5. The first-order valence-electron chi connectivity index (χ1n) is 8.68. The molecule has 29 heavy (non-hydrogen) atoms. The molecule has 0 saturated carbocycles. The Morgan fingerprint density at radius 3 is 2.48 bits per heavy atom. The number of amides is 2. The standard InChI is InChI=1S/C20H18N4O4S/c1-4-9-22-19(26)17(18(25)21-20(22)29)11-14-10-12(2)23(13(14)3)15-5-7-16(8-6-15)24(27)28/h4-8,10-11H,1,9H2,2-3H3,(H,21,25,29)/b17-11+. The van der Waals surface area contributed by atoms with Crippen LogP contribution in [-0.2, 0) is 9.59 Å². The van der Waals surface area contributed by atoms with Gasteiger partial charge in [-0.3, -0.25) is 29.9 Å². The van der Waals surface area contributed by atoms with Crippen LogP contribution in [0.1, 0.15) is 17.0 Å². The van der Waals surface area contributed by atoms with Crippen LogP contribution in [-0.4, -0.2) is 37.9 Å². The smallest absolute Gasteiger partial charge is 0.269 e. The molecule has 1 N–H and O–H groups in total. The summed E-state index contributed by atoms with van der Waals surface area (Å²) in [4.78, 5) is 36.7. The number of benzene rings is 1. The molecule has 0 bridgehead atoms. The second kappa shape index (κ2) is 7.80. The largest absolute Gasteiger partial charge is 0.318 e. The van der Waals surface area contributed by atoms with Crippen LogP contribution in [0.3, 0.4) is 0 Å². The first kappa shape index (κ1) is 20.2. The van der Waals surface area contributed by atoms with Crippen molar-refractivity contribution in [3.05, 3.63) is 75.6 Å². The lowest BCUT2D eigenvalue weighted by Crippen LogP contribution is -2.53. The maximum Gasteiger partial charge on any atom is 0.269 e. The molecule has 1 aliphatic rings. The van der Waals surface area contributed by atoms with Gasteiger partial charge in [-0.2, -0.15) is 0 Å². The molecule has 148 valence electrons. The third-order valence-corrected chi connectivity index (χ3v) is 4.91. The van der Waals surface area contributed by atoms with Crippen molar-refractivity contribution in [1.82, 2.24) is 14.8 Å². The maximum absolute atomic E-state index is 12.7. The van der Waals surface area contributed by atoms with E-state index in [2.05, 4.69) is 11.9 Å². The molecule has 3 rings (SSSR count). The lowest BCUT2D eigenvalue weighted by molar-refractivity contribution is -0.384. The first-order valence-corrected chi connectivity index (χ1v) is 9.09. The minimum absolute atomic E-state index is 0.00121. The molecule has 0 radical (unpaired) electrons. The van der Waals surface area contributed by atoms with E-state index in [1.165, 1.54) is 29.2 Å². The van der Waals surface area contributed by atoms with Gasteiger partial charge in [0, 0.05) is 35.8 Å². The number of carbonyl (C=O) groups is 2. The number of nitro benzene ring substituents is 1. The summed E-state index contributed by atoms with van der Waals surface area (Å²) in [6, 6.07) is 8.00. The topological polar surface area (TPSA) is 97.5 Å². The Bertz CT molecular complexity index is 1080. The fourth-order valence-corrected chi connectivity index (χ4v) is 3.45. The van der Waals surface area contributed by atoms with Crippen molar-refractivity contribution in [2.45, 2.75) is 13.8 Å². The van der Waals surface area contributed by atoms with Crippen LogP contribution in [0.2, 0.25) is 0 Å². The number of carbonyl (C=O) groups excluding carboxylic acids is 2.